The van der Waals surface area contributed by atoms with Gasteiger partial charge in [0, 0.05) is 28.4 Å². The van der Waals surface area contributed by atoms with Gasteiger partial charge < -0.3 is 16.0 Å². The van der Waals surface area contributed by atoms with Gasteiger partial charge in [-0.15, -0.1) is 10.2 Å². The van der Waals surface area contributed by atoms with E-state index in [0.29, 0.717) is 49.6 Å². The smallest absolute Gasteiger partial charge is 0.288 e. The molecule has 12 heteroatoms. The van der Waals surface area contributed by atoms with Crippen molar-refractivity contribution in [3.05, 3.63) is 54.1 Å². The van der Waals surface area contributed by atoms with E-state index in [2.05, 4.69) is 26.1 Å². The van der Waals surface area contributed by atoms with Gasteiger partial charge >= 0.3 is 0 Å². The zero-order valence-electron chi connectivity index (χ0n) is 16.8. The van der Waals surface area contributed by atoms with Gasteiger partial charge in [0.25, 0.3) is 11.7 Å². The van der Waals surface area contributed by atoms with Crippen molar-refractivity contribution in [2.45, 2.75) is 21.9 Å². The van der Waals surface area contributed by atoms with Gasteiger partial charge in [-0.25, -0.2) is 0 Å². The number of alkyl halides is 2. The molecular weight excluding hydrogens is 476 g/mol. The van der Waals surface area contributed by atoms with Crippen molar-refractivity contribution in [1.82, 2.24) is 15.5 Å². The van der Waals surface area contributed by atoms with Crippen LogP contribution in [-0.2, 0) is 4.79 Å². The monoisotopic (exact) mass is 495 g/mol. The quantitative estimate of drug-likeness (QED) is 0.338. The highest BCUT2D eigenvalue weighted by molar-refractivity contribution is 8.01. The molecule has 0 aliphatic rings. The van der Waals surface area contributed by atoms with Crippen molar-refractivity contribution in [3.63, 3.8) is 0 Å². The second-order valence-corrected chi connectivity index (χ2v) is 9.44. The van der Waals surface area contributed by atoms with Gasteiger partial charge in [-0.2, -0.15) is 8.78 Å². The lowest BCUT2D eigenvalue weighted by atomic mass is 10.2. The average Bonchev–Trinajstić information content (AvgIpc) is 3.21. The Labute approximate surface area is 195 Å². The van der Waals surface area contributed by atoms with E-state index in [1.807, 2.05) is 6.92 Å². The first-order valence-corrected chi connectivity index (χ1v) is 12.1. The summed E-state index contributed by atoms with van der Waals surface area (Å²) < 4.78 is 25.4. The first-order valence-electron chi connectivity index (χ1n) is 9.39. The zero-order valence-corrected chi connectivity index (χ0v) is 19.3. The fourth-order valence-electron chi connectivity index (χ4n) is 2.49. The minimum Gasteiger partial charge on any atom is -0.352 e. The number of rotatable bonds is 10. The van der Waals surface area contributed by atoms with Gasteiger partial charge in [0.2, 0.25) is 11.0 Å². The van der Waals surface area contributed by atoms with Crippen molar-refractivity contribution >= 4 is 63.2 Å². The van der Waals surface area contributed by atoms with E-state index in [9.17, 15) is 18.4 Å². The van der Waals surface area contributed by atoms with Gasteiger partial charge in [-0.3, -0.25) is 9.59 Å². The van der Waals surface area contributed by atoms with Crippen molar-refractivity contribution in [2.24, 2.45) is 0 Å². The van der Waals surface area contributed by atoms with Crippen molar-refractivity contribution in [2.75, 3.05) is 22.9 Å². The summed E-state index contributed by atoms with van der Waals surface area (Å²) in [5.41, 5.74) is 1.70. The van der Waals surface area contributed by atoms with Crippen LogP contribution in [0.3, 0.4) is 0 Å². The summed E-state index contributed by atoms with van der Waals surface area (Å²) in [4.78, 5) is 24.6. The van der Waals surface area contributed by atoms with E-state index < -0.39 is 5.76 Å². The van der Waals surface area contributed by atoms with Crippen LogP contribution in [0, 0.1) is 0 Å². The minimum atomic E-state index is -2.46. The number of amides is 2. The standard InChI is InChI=1S/C20H19F2N5O2S3/c1-2-23-17(29)12-4-3-5-14(10-12)24-16(28)11-30-20-27-26-19(32-20)25-13-6-8-15(9-7-13)31-18(21)22/h3-10,18H,2,11H2,1H3,(H,23,29)(H,24,28)(H,25,26). The molecule has 3 aromatic rings. The first-order chi connectivity index (χ1) is 15.4. The number of nitrogens with zero attached hydrogens (tertiary/aromatic N) is 2. The Balaban J connectivity index is 1.49. The summed E-state index contributed by atoms with van der Waals surface area (Å²) in [5, 5.41) is 17.1. The first kappa shape index (κ1) is 24.0. The highest BCUT2D eigenvalue weighted by Crippen LogP contribution is 2.30. The molecule has 3 N–H and O–H groups in total. The molecular formula is C20H19F2N5O2S3. The Morgan fingerprint density at radius 2 is 1.88 bits per heavy atom. The molecule has 2 aromatic carbocycles. The number of carbonyl (C=O) groups is 2. The van der Waals surface area contributed by atoms with Gasteiger partial charge in [0.1, 0.15) is 0 Å². The molecule has 0 saturated heterocycles. The van der Waals surface area contributed by atoms with Gasteiger partial charge in [0.05, 0.1) is 5.75 Å². The van der Waals surface area contributed by atoms with Crippen molar-refractivity contribution < 1.29 is 18.4 Å². The molecule has 168 valence electrons. The fourth-order valence-corrected chi connectivity index (χ4v) is 4.56. The van der Waals surface area contributed by atoms with Crippen LogP contribution in [0.2, 0.25) is 0 Å². The topological polar surface area (TPSA) is 96.0 Å². The van der Waals surface area contributed by atoms with Gasteiger partial charge in [0.15, 0.2) is 4.34 Å². The van der Waals surface area contributed by atoms with Crippen LogP contribution in [-0.4, -0.2) is 40.1 Å². The molecule has 2 amide bonds. The van der Waals surface area contributed by atoms with Crippen LogP contribution < -0.4 is 16.0 Å². The summed E-state index contributed by atoms with van der Waals surface area (Å²) >= 11 is 2.99. The maximum atomic E-state index is 12.4. The number of hydrogen-bond donors (Lipinski definition) is 3. The molecule has 0 radical (unpaired) electrons. The predicted molar refractivity (Wildman–Crippen MR) is 125 cm³/mol. The van der Waals surface area contributed by atoms with Crippen molar-refractivity contribution in [3.8, 4) is 0 Å². The van der Waals surface area contributed by atoms with Crippen LogP contribution in [0.15, 0.2) is 57.8 Å². The molecule has 0 aliphatic carbocycles. The Bertz CT molecular complexity index is 1060. The van der Waals surface area contributed by atoms with Crippen LogP contribution in [0.25, 0.3) is 0 Å². The third-order valence-electron chi connectivity index (χ3n) is 3.81. The van der Waals surface area contributed by atoms with E-state index >= 15 is 0 Å². The zero-order chi connectivity index (χ0) is 22.9. The highest BCUT2D eigenvalue weighted by atomic mass is 32.2. The van der Waals surface area contributed by atoms with Crippen LogP contribution in [0.4, 0.5) is 25.3 Å². The maximum absolute atomic E-state index is 12.4. The van der Waals surface area contributed by atoms with E-state index in [-0.39, 0.29) is 17.6 Å². The number of thioether (sulfide) groups is 2. The Kier molecular flexibility index (Phi) is 8.82. The molecule has 0 unspecified atom stereocenters. The van der Waals surface area contributed by atoms with Gasteiger partial charge in [-0.1, -0.05) is 40.9 Å². The minimum absolute atomic E-state index is 0.125. The molecule has 0 fully saturated rings. The summed E-state index contributed by atoms with van der Waals surface area (Å²) in [6.45, 7) is 2.36. The van der Waals surface area contributed by atoms with E-state index in [4.69, 9.17) is 0 Å². The molecule has 0 bridgehead atoms. The summed E-state index contributed by atoms with van der Waals surface area (Å²) in [5.74, 6) is -2.77. The number of anilines is 3. The molecule has 3 rings (SSSR count). The largest absolute Gasteiger partial charge is 0.352 e. The predicted octanol–water partition coefficient (Wildman–Crippen LogP) is 5.08. The molecule has 0 saturated carbocycles. The third kappa shape index (κ3) is 7.46. The van der Waals surface area contributed by atoms with Crippen LogP contribution in [0.5, 0.6) is 0 Å². The lowest BCUT2D eigenvalue weighted by Crippen LogP contribution is -2.23. The summed E-state index contributed by atoms with van der Waals surface area (Å²) in [7, 11) is 0. The Morgan fingerprint density at radius 1 is 1.09 bits per heavy atom. The SMILES string of the molecule is CCNC(=O)c1cccc(NC(=O)CSc2nnc(Nc3ccc(SC(F)F)cc3)s2)c1. The van der Waals surface area contributed by atoms with Crippen LogP contribution in [0.1, 0.15) is 17.3 Å². The van der Waals surface area contributed by atoms with E-state index in [1.165, 1.54) is 23.1 Å². The molecule has 32 heavy (non-hydrogen) atoms. The number of hydrogen-bond acceptors (Lipinski definition) is 8. The summed E-state index contributed by atoms with van der Waals surface area (Å²) in [6, 6.07) is 13.3. The second kappa shape index (κ2) is 11.8. The lowest BCUT2D eigenvalue weighted by molar-refractivity contribution is -0.113. The lowest BCUT2D eigenvalue weighted by Gasteiger charge is -2.07. The fraction of sp³-hybridized carbons (Fsp3) is 0.200. The Hall–Kier alpha value is -2.70. The molecule has 1 heterocycles. The molecule has 0 atom stereocenters. The average molecular weight is 496 g/mol. The number of nitrogens with one attached hydrogen (secondary N) is 3. The number of halogens is 2. The molecule has 0 aliphatic heterocycles. The molecule has 1 aromatic heterocycles. The number of aromatic nitrogens is 2. The third-order valence-corrected chi connectivity index (χ3v) is 6.50. The van der Waals surface area contributed by atoms with Gasteiger partial charge in [-0.05, 0) is 49.4 Å². The van der Waals surface area contributed by atoms with E-state index in [0.717, 1.165) is 0 Å². The number of benzene rings is 2. The normalized spacial score (nSPS) is 10.8. The second-order valence-electron chi connectivity index (χ2n) is 6.18. The highest BCUT2D eigenvalue weighted by Gasteiger charge is 2.11. The van der Waals surface area contributed by atoms with Crippen LogP contribution >= 0.6 is 34.9 Å². The van der Waals surface area contributed by atoms with Crippen molar-refractivity contribution in [1.29, 1.82) is 0 Å². The molecule has 7 nitrogen and oxygen atoms in total. The maximum Gasteiger partial charge on any atom is 0.288 e. The summed E-state index contributed by atoms with van der Waals surface area (Å²) in [6.07, 6.45) is 0. The molecule has 0 spiro atoms. The number of carbonyl (C=O) groups excluding carboxylic acids is 2. The Morgan fingerprint density at radius 3 is 2.59 bits per heavy atom. The van der Waals surface area contributed by atoms with E-state index in [1.54, 1.807) is 48.5 Å².